The molecule has 1 rings (SSSR count). The Balaban J connectivity index is 2.48. The quantitative estimate of drug-likeness (QED) is 0.611. The van der Waals surface area contributed by atoms with E-state index in [1.165, 1.54) is 0 Å². The molecule has 0 aromatic heterocycles. The Morgan fingerprint density at radius 3 is 2.60 bits per heavy atom. The summed E-state index contributed by atoms with van der Waals surface area (Å²) in [6.07, 6.45) is -0.353. The first kappa shape index (κ1) is 12.3. The maximum atomic E-state index is 11.6. The van der Waals surface area contributed by atoms with Crippen molar-refractivity contribution in [3.63, 3.8) is 0 Å². The zero-order valence-corrected chi connectivity index (χ0v) is 9.56. The molecule has 3 N–H and O–H groups in total. The van der Waals surface area contributed by atoms with E-state index in [0.29, 0.717) is 19.5 Å². The highest BCUT2D eigenvalue weighted by atomic mass is 16.6. The second-order valence-corrected chi connectivity index (χ2v) is 4.95. The van der Waals surface area contributed by atoms with Crippen molar-refractivity contribution in [1.29, 1.82) is 0 Å². The van der Waals surface area contributed by atoms with Crippen LogP contribution in [0.2, 0.25) is 0 Å². The summed E-state index contributed by atoms with van der Waals surface area (Å²) in [5.41, 5.74) is 5.18. The Hall–Kier alpha value is -0.810. The molecule has 0 aromatic carbocycles. The van der Waals surface area contributed by atoms with Gasteiger partial charge in [-0.05, 0) is 27.2 Å². The Kier molecular flexibility index (Phi) is 3.57. The molecule has 1 fully saturated rings. The van der Waals surface area contributed by atoms with Crippen LogP contribution in [0.4, 0.5) is 4.79 Å². The molecule has 1 heterocycles. The Bertz CT molecular complexity index is 237. The lowest BCUT2D eigenvalue weighted by Gasteiger charge is -2.35. The number of aliphatic hydroxyl groups is 1. The second-order valence-electron chi connectivity index (χ2n) is 4.95. The number of hydrogen-bond donors (Lipinski definition) is 2. The number of nitrogens with zero attached hydrogens (tertiary/aromatic N) is 1. The van der Waals surface area contributed by atoms with Gasteiger partial charge < -0.3 is 20.5 Å². The molecule has 15 heavy (non-hydrogen) atoms. The molecule has 0 aromatic rings. The topological polar surface area (TPSA) is 75.8 Å². The molecule has 88 valence electrons. The van der Waals surface area contributed by atoms with Gasteiger partial charge >= 0.3 is 6.09 Å². The van der Waals surface area contributed by atoms with Gasteiger partial charge in [0.25, 0.3) is 0 Å². The van der Waals surface area contributed by atoms with E-state index in [2.05, 4.69) is 0 Å². The summed E-state index contributed by atoms with van der Waals surface area (Å²) in [6.45, 7) is 6.33. The number of piperidine rings is 1. The van der Waals surface area contributed by atoms with E-state index in [1.807, 2.05) is 20.8 Å². The minimum atomic E-state index is -0.510. The van der Waals surface area contributed by atoms with Gasteiger partial charge in [-0.3, -0.25) is 0 Å². The molecule has 1 amide bonds. The summed E-state index contributed by atoms with van der Waals surface area (Å²) in [6, 6.07) is -0.369. The van der Waals surface area contributed by atoms with Crippen LogP contribution in [-0.4, -0.2) is 46.9 Å². The first-order chi connectivity index (χ1) is 6.79. The minimum Gasteiger partial charge on any atom is -0.444 e. The molecule has 1 saturated heterocycles. The predicted octanol–water partition coefficient (Wildman–Crippen LogP) is 0.315. The lowest BCUT2D eigenvalue weighted by atomic mass is 10.0. The largest absolute Gasteiger partial charge is 0.444 e. The van der Waals surface area contributed by atoms with Gasteiger partial charge in [-0.2, -0.15) is 0 Å². The first-order valence-corrected chi connectivity index (χ1v) is 5.21. The van der Waals surface area contributed by atoms with Gasteiger partial charge in [-0.1, -0.05) is 0 Å². The lowest BCUT2D eigenvalue weighted by molar-refractivity contribution is 0.00490. The highest BCUT2D eigenvalue weighted by Crippen LogP contribution is 2.14. The minimum absolute atomic E-state index is 0.357. The van der Waals surface area contributed by atoms with Gasteiger partial charge in [0.15, 0.2) is 0 Å². The number of ether oxygens (including phenoxy) is 1. The zero-order valence-electron chi connectivity index (χ0n) is 9.56. The van der Waals surface area contributed by atoms with Crippen molar-refractivity contribution in [3.05, 3.63) is 0 Å². The summed E-state index contributed by atoms with van der Waals surface area (Å²) < 4.78 is 5.21. The lowest BCUT2D eigenvalue weighted by Crippen LogP contribution is -2.53. The number of hydrogen-bond acceptors (Lipinski definition) is 4. The summed E-state index contributed by atoms with van der Waals surface area (Å²) in [5, 5.41) is 9.41. The van der Waals surface area contributed by atoms with Crippen molar-refractivity contribution in [2.45, 2.75) is 44.9 Å². The SMILES string of the molecule is CC(C)(C)OC(=O)N1CCC(O)C(N)C1. The van der Waals surface area contributed by atoms with E-state index in [0.717, 1.165) is 0 Å². The molecule has 5 heteroatoms. The Labute approximate surface area is 90.2 Å². The average Bonchev–Trinajstić information content (AvgIpc) is 2.06. The number of carbonyl (C=O) groups is 1. The van der Waals surface area contributed by atoms with Crippen molar-refractivity contribution in [2.24, 2.45) is 5.73 Å². The number of nitrogens with two attached hydrogens (primary N) is 1. The highest BCUT2D eigenvalue weighted by Gasteiger charge is 2.30. The Morgan fingerprint density at radius 1 is 1.53 bits per heavy atom. The van der Waals surface area contributed by atoms with Crippen LogP contribution in [0.3, 0.4) is 0 Å². The van der Waals surface area contributed by atoms with Crippen LogP contribution in [0.15, 0.2) is 0 Å². The van der Waals surface area contributed by atoms with Crippen LogP contribution in [-0.2, 0) is 4.74 Å². The standard InChI is InChI=1S/C10H20N2O3/c1-10(2,3)15-9(14)12-5-4-8(13)7(11)6-12/h7-8,13H,4-6,11H2,1-3H3. The highest BCUT2D eigenvalue weighted by molar-refractivity contribution is 5.68. The predicted molar refractivity (Wildman–Crippen MR) is 56.4 cm³/mol. The fourth-order valence-electron chi connectivity index (χ4n) is 1.46. The average molecular weight is 216 g/mol. The van der Waals surface area contributed by atoms with Crippen molar-refractivity contribution >= 4 is 6.09 Å². The maximum Gasteiger partial charge on any atom is 0.410 e. The molecule has 0 radical (unpaired) electrons. The summed E-state index contributed by atoms with van der Waals surface area (Å²) in [7, 11) is 0. The molecule has 0 bridgehead atoms. The molecule has 1 aliphatic rings. The number of aliphatic hydroxyl groups excluding tert-OH is 1. The van der Waals surface area contributed by atoms with Crippen LogP contribution in [0, 0.1) is 0 Å². The van der Waals surface area contributed by atoms with E-state index >= 15 is 0 Å². The van der Waals surface area contributed by atoms with Crippen molar-refractivity contribution in [1.82, 2.24) is 4.90 Å². The van der Waals surface area contributed by atoms with Crippen LogP contribution in [0.5, 0.6) is 0 Å². The normalized spacial score (nSPS) is 27.7. The van der Waals surface area contributed by atoms with Crippen molar-refractivity contribution < 1.29 is 14.6 Å². The second kappa shape index (κ2) is 4.37. The molecule has 1 aliphatic heterocycles. The van der Waals surface area contributed by atoms with E-state index in [9.17, 15) is 9.90 Å². The molecule has 0 spiro atoms. The molecule has 2 unspecified atom stereocenters. The van der Waals surface area contributed by atoms with Gasteiger partial charge in [-0.15, -0.1) is 0 Å². The van der Waals surface area contributed by atoms with Gasteiger partial charge in [0.1, 0.15) is 5.60 Å². The fraction of sp³-hybridized carbons (Fsp3) is 0.900. The summed E-state index contributed by atoms with van der Waals surface area (Å²) in [4.78, 5) is 13.2. The molecular weight excluding hydrogens is 196 g/mol. The van der Waals surface area contributed by atoms with Crippen molar-refractivity contribution in [3.8, 4) is 0 Å². The Morgan fingerprint density at radius 2 is 2.13 bits per heavy atom. The smallest absolute Gasteiger partial charge is 0.410 e. The number of carbonyl (C=O) groups excluding carboxylic acids is 1. The van der Waals surface area contributed by atoms with Gasteiger partial charge in [0.2, 0.25) is 0 Å². The van der Waals surface area contributed by atoms with Crippen LogP contribution >= 0.6 is 0 Å². The van der Waals surface area contributed by atoms with Crippen LogP contribution in [0.25, 0.3) is 0 Å². The fourth-order valence-corrected chi connectivity index (χ4v) is 1.46. The van der Waals surface area contributed by atoms with Gasteiger partial charge in [0, 0.05) is 19.1 Å². The summed E-state index contributed by atoms with van der Waals surface area (Å²) in [5.74, 6) is 0. The third kappa shape index (κ3) is 3.68. The van der Waals surface area contributed by atoms with E-state index in [1.54, 1.807) is 4.90 Å². The molecule has 2 atom stereocenters. The molecule has 0 aliphatic carbocycles. The number of likely N-dealkylation sites (tertiary alicyclic amines) is 1. The molecule has 5 nitrogen and oxygen atoms in total. The van der Waals surface area contributed by atoms with Gasteiger partial charge in [-0.25, -0.2) is 4.79 Å². The third-order valence-electron chi connectivity index (χ3n) is 2.27. The van der Waals surface area contributed by atoms with E-state index in [-0.39, 0.29) is 12.1 Å². The monoisotopic (exact) mass is 216 g/mol. The third-order valence-corrected chi connectivity index (χ3v) is 2.27. The van der Waals surface area contributed by atoms with Crippen LogP contribution in [0.1, 0.15) is 27.2 Å². The first-order valence-electron chi connectivity index (χ1n) is 5.21. The van der Waals surface area contributed by atoms with E-state index in [4.69, 9.17) is 10.5 Å². The maximum absolute atomic E-state index is 11.6. The van der Waals surface area contributed by atoms with Gasteiger partial charge in [0.05, 0.1) is 6.10 Å². The molecule has 0 saturated carbocycles. The molecular formula is C10H20N2O3. The van der Waals surface area contributed by atoms with Crippen LogP contribution < -0.4 is 5.73 Å². The van der Waals surface area contributed by atoms with Crippen molar-refractivity contribution in [2.75, 3.05) is 13.1 Å². The summed E-state index contributed by atoms with van der Waals surface area (Å²) >= 11 is 0. The van der Waals surface area contributed by atoms with E-state index < -0.39 is 11.7 Å². The number of amides is 1. The number of rotatable bonds is 0. The zero-order chi connectivity index (χ0) is 11.6.